The van der Waals surface area contributed by atoms with Gasteiger partial charge in [0.05, 0.1) is 6.54 Å². The number of hydrogen-bond donors (Lipinski definition) is 0. The largest absolute Gasteiger partial charge is 0.342 e. The van der Waals surface area contributed by atoms with Gasteiger partial charge in [0.1, 0.15) is 0 Å². The lowest BCUT2D eigenvalue weighted by Crippen LogP contribution is -2.50. The molecule has 0 aromatic heterocycles. The van der Waals surface area contributed by atoms with E-state index in [0.29, 0.717) is 19.6 Å². The van der Waals surface area contributed by atoms with Crippen LogP contribution in [0.3, 0.4) is 0 Å². The van der Waals surface area contributed by atoms with E-state index in [4.69, 9.17) is 11.6 Å². The average Bonchev–Trinajstić information content (AvgIpc) is 2.83. The van der Waals surface area contributed by atoms with E-state index in [2.05, 4.69) is 4.90 Å². The van der Waals surface area contributed by atoms with Crippen LogP contribution in [0, 0.1) is 0 Å². The van der Waals surface area contributed by atoms with E-state index in [0.717, 1.165) is 39.0 Å². The molecule has 0 aromatic carbocycles. The molecule has 0 atom stereocenters. The number of likely N-dealkylation sites (tertiary alicyclic amines) is 1. The van der Waals surface area contributed by atoms with Gasteiger partial charge in [-0.05, 0) is 24.4 Å². The third kappa shape index (κ3) is 3.33. The second kappa shape index (κ2) is 5.69. The van der Waals surface area contributed by atoms with E-state index in [1.54, 1.807) is 4.90 Å². The Morgan fingerprint density at radius 3 is 2.00 bits per heavy atom. The van der Waals surface area contributed by atoms with E-state index < -0.39 is 5.37 Å². The lowest BCUT2D eigenvalue weighted by Gasteiger charge is -2.33. The Labute approximate surface area is 106 Å². The fourth-order valence-electron chi connectivity index (χ4n) is 2.34. The summed E-state index contributed by atoms with van der Waals surface area (Å²) in [6.07, 6.45) is 2.25. The summed E-state index contributed by atoms with van der Waals surface area (Å²) >= 11 is 5.41. The van der Waals surface area contributed by atoms with Crippen LogP contribution in [0.15, 0.2) is 0 Å². The number of carbonyl (C=O) groups is 2. The van der Waals surface area contributed by atoms with Crippen molar-refractivity contribution in [2.75, 3.05) is 45.8 Å². The van der Waals surface area contributed by atoms with Crippen LogP contribution in [0.4, 0.5) is 4.79 Å². The van der Waals surface area contributed by atoms with Crippen molar-refractivity contribution < 1.29 is 9.59 Å². The first kappa shape index (κ1) is 12.6. The summed E-state index contributed by atoms with van der Waals surface area (Å²) in [6, 6.07) is 0. The van der Waals surface area contributed by atoms with E-state index in [1.807, 2.05) is 4.90 Å². The molecule has 2 rings (SSSR count). The first-order valence-electron chi connectivity index (χ1n) is 6.11. The van der Waals surface area contributed by atoms with Crippen LogP contribution < -0.4 is 0 Å². The smallest absolute Gasteiger partial charge is 0.316 e. The van der Waals surface area contributed by atoms with E-state index in [1.165, 1.54) is 0 Å². The predicted molar refractivity (Wildman–Crippen MR) is 65.1 cm³/mol. The molecule has 0 N–H and O–H groups in total. The first-order valence-corrected chi connectivity index (χ1v) is 6.49. The molecule has 0 bridgehead atoms. The minimum absolute atomic E-state index is 0.216. The van der Waals surface area contributed by atoms with Gasteiger partial charge in [-0.3, -0.25) is 14.5 Å². The van der Waals surface area contributed by atoms with Gasteiger partial charge < -0.3 is 9.80 Å². The summed E-state index contributed by atoms with van der Waals surface area (Å²) in [5.41, 5.74) is 0. The molecule has 2 saturated heterocycles. The van der Waals surface area contributed by atoms with Crippen LogP contribution in [0.2, 0.25) is 0 Å². The third-order valence-electron chi connectivity index (χ3n) is 3.44. The van der Waals surface area contributed by atoms with Crippen molar-refractivity contribution in [1.82, 2.24) is 14.7 Å². The summed E-state index contributed by atoms with van der Waals surface area (Å²) in [5.74, 6) is 0.216. The predicted octanol–water partition coefficient (Wildman–Crippen LogP) is 0.585. The van der Waals surface area contributed by atoms with Crippen LogP contribution in [-0.2, 0) is 4.79 Å². The van der Waals surface area contributed by atoms with Crippen LogP contribution in [0.25, 0.3) is 0 Å². The maximum absolute atomic E-state index is 11.9. The molecular formula is C11H18ClN3O2. The molecule has 6 heteroatoms. The van der Waals surface area contributed by atoms with Crippen molar-refractivity contribution in [2.45, 2.75) is 12.8 Å². The van der Waals surface area contributed by atoms with E-state index in [9.17, 15) is 9.59 Å². The molecule has 2 heterocycles. The van der Waals surface area contributed by atoms with Gasteiger partial charge in [-0.1, -0.05) is 0 Å². The summed E-state index contributed by atoms with van der Waals surface area (Å²) in [5, 5.41) is -0.393. The molecule has 0 aliphatic carbocycles. The Morgan fingerprint density at radius 1 is 0.882 bits per heavy atom. The summed E-state index contributed by atoms with van der Waals surface area (Å²) in [7, 11) is 0. The molecule has 2 aliphatic heterocycles. The number of amides is 2. The number of rotatable bonds is 2. The highest BCUT2D eigenvalue weighted by Crippen LogP contribution is 2.09. The maximum Gasteiger partial charge on any atom is 0.316 e. The third-order valence-corrected chi connectivity index (χ3v) is 3.68. The lowest BCUT2D eigenvalue weighted by atomic mass is 10.3. The molecule has 2 amide bonds. The second-order valence-electron chi connectivity index (χ2n) is 4.60. The second-order valence-corrected chi connectivity index (χ2v) is 4.93. The van der Waals surface area contributed by atoms with Crippen LogP contribution in [0.1, 0.15) is 12.8 Å². The minimum Gasteiger partial charge on any atom is -0.342 e. The highest BCUT2D eigenvalue weighted by molar-refractivity contribution is 6.62. The Hall–Kier alpha value is -0.810. The van der Waals surface area contributed by atoms with E-state index in [-0.39, 0.29) is 5.91 Å². The first-order chi connectivity index (χ1) is 8.16. The SMILES string of the molecule is O=C(Cl)N1CCN(CC(=O)N2CCCC2)CC1. The van der Waals surface area contributed by atoms with Crippen molar-refractivity contribution in [1.29, 1.82) is 0 Å². The quantitative estimate of drug-likeness (QED) is 0.538. The molecule has 2 aliphatic rings. The van der Waals surface area contributed by atoms with Gasteiger partial charge in [0, 0.05) is 39.3 Å². The molecule has 0 spiro atoms. The van der Waals surface area contributed by atoms with Gasteiger partial charge in [0.2, 0.25) is 5.91 Å². The molecule has 0 radical (unpaired) electrons. The number of nitrogens with zero attached hydrogens (tertiary/aromatic N) is 3. The van der Waals surface area contributed by atoms with E-state index >= 15 is 0 Å². The summed E-state index contributed by atoms with van der Waals surface area (Å²) in [6.45, 7) is 4.99. The highest BCUT2D eigenvalue weighted by atomic mass is 35.5. The van der Waals surface area contributed by atoms with Gasteiger partial charge in [0.25, 0.3) is 0 Å². The molecule has 96 valence electrons. The summed E-state index contributed by atoms with van der Waals surface area (Å²) < 4.78 is 0. The number of piperazine rings is 1. The van der Waals surface area contributed by atoms with Crippen LogP contribution in [0.5, 0.6) is 0 Å². The fourth-order valence-corrected chi connectivity index (χ4v) is 2.51. The molecule has 0 aromatic rings. The van der Waals surface area contributed by atoms with Gasteiger partial charge in [-0.2, -0.15) is 0 Å². The summed E-state index contributed by atoms with van der Waals surface area (Å²) in [4.78, 5) is 28.5. The average molecular weight is 260 g/mol. The van der Waals surface area contributed by atoms with Gasteiger partial charge >= 0.3 is 5.37 Å². The zero-order valence-corrected chi connectivity index (χ0v) is 10.7. The van der Waals surface area contributed by atoms with Crippen molar-refractivity contribution in [3.8, 4) is 0 Å². The number of hydrogen-bond acceptors (Lipinski definition) is 3. The normalized spacial score (nSPS) is 21.9. The lowest BCUT2D eigenvalue weighted by molar-refractivity contribution is -0.131. The Kier molecular flexibility index (Phi) is 4.23. The van der Waals surface area contributed by atoms with Crippen molar-refractivity contribution in [2.24, 2.45) is 0 Å². The van der Waals surface area contributed by atoms with Gasteiger partial charge in [0.15, 0.2) is 0 Å². The zero-order chi connectivity index (χ0) is 12.3. The Balaban J connectivity index is 1.74. The highest BCUT2D eigenvalue weighted by Gasteiger charge is 2.24. The van der Waals surface area contributed by atoms with Crippen LogP contribution in [-0.4, -0.2) is 71.8 Å². The molecular weight excluding hydrogens is 242 g/mol. The van der Waals surface area contributed by atoms with Crippen molar-refractivity contribution in [3.05, 3.63) is 0 Å². The van der Waals surface area contributed by atoms with Gasteiger partial charge in [-0.15, -0.1) is 0 Å². The zero-order valence-electron chi connectivity index (χ0n) is 9.90. The number of carbonyl (C=O) groups excluding carboxylic acids is 2. The molecule has 17 heavy (non-hydrogen) atoms. The molecule has 0 unspecified atom stereocenters. The molecule has 2 fully saturated rings. The topological polar surface area (TPSA) is 43.9 Å². The Bertz CT molecular complexity index is 297. The molecule has 0 saturated carbocycles. The monoisotopic (exact) mass is 259 g/mol. The molecule has 5 nitrogen and oxygen atoms in total. The van der Waals surface area contributed by atoms with Crippen molar-refractivity contribution >= 4 is 22.9 Å². The van der Waals surface area contributed by atoms with Crippen molar-refractivity contribution in [3.63, 3.8) is 0 Å². The number of halogens is 1. The standard InChI is InChI=1S/C11H18ClN3O2/c12-11(17)15-7-5-13(6-8-15)9-10(16)14-3-1-2-4-14/h1-9H2. The van der Waals surface area contributed by atoms with Gasteiger partial charge in [-0.25, -0.2) is 0 Å². The van der Waals surface area contributed by atoms with Crippen LogP contribution >= 0.6 is 11.6 Å². The minimum atomic E-state index is -0.393. The fraction of sp³-hybridized carbons (Fsp3) is 0.818. The Morgan fingerprint density at radius 2 is 1.47 bits per heavy atom. The maximum atomic E-state index is 11.9.